The number of benzene rings is 7. The van der Waals surface area contributed by atoms with Crippen molar-refractivity contribution < 1.29 is 9.47 Å². The molecule has 7 aromatic carbocycles. The molecule has 8 rings (SSSR count). The molecule has 4 nitrogen and oxygen atoms in total. The van der Waals surface area contributed by atoms with Gasteiger partial charge in [0.2, 0.25) is 0 Å². The first-order valence-corrected chi connectivity index (χ1v) is 14.7. The average molecular weight is 569 g/mol. The minimum absolute atomic E-state index is 0.653. The van der Waals surface area contributed by atoms with Crippen molar-refractivity contribution in [1.82, 2.24) is 0 Å². The van der Waals surface area contributed by atoms with Crippen molar-refractivity contribution in [1.29, 1.82) is 0 Å². The SMILES string of the molecule is c1ccc(N(c2ccccc2)c2ccc3c(c2)Oc2cc(N(c4ccccc4)c4ccccc4)cc4cccc(c24)O3)cc1. The van der Waals surface area contributed by atoms with Crippen molar-refractivity contribution in [3.63, 3.8) is 0 Å². The number of fused-ring (bicyclic) bond motifs is 1. The molecular weight excluding hydrogens is 540 g/mol. The van der Waals surface area contributed by atoms with Crippen LogP contribution >= 0.6 is 0 Å². The highest BCUT2D eigenvalue weighted by Gasteiger charge is 2.23. The number of anilines is 6. The Morgan fingerprint density at radius 3 is 1.32 bits per heavy atom. The van der Waals surface area contributed by atoms with Gasteiger partial charge in [-0.1, -0.05) is 84.9 Å². The highest BCUT2D eigenvalue weighted by Crippen LogP contribution is 2.50. The Balaban J connectivity index is 1.28. The van der Waals surface area contributed by atoms with Crippen LogP contribution in [-0.2, 0) is 0 Å². The first kappa shape index (κ1) is 25.7. The van der Waals surface area contributed by atoms with Gasteiger partial charge in [-0.15, -0.1) is 0 Å². The van der Waals surface area contributed by atoms with E-state index in [1.54, 1.807) is 0 Å². The molecule has 0 unspecified atom stereocenters. The molecule has 0 spiro atoms. The van der Waals surface area contributed by atoms with E-state index in [4.69, 9.17) is 9.47 Å². The monoisotopic (exact) mass is 568 g/mol. The summed E-state index contributed by atoms with van der Waals surface area (Å²) < 4.78 is 13.4. The number of hydrogen-bond acceptors (Lipinski definition) is 4. The van der Waals surface area contributed by atoms with Gasteiger partial charge in [-0.25, -0.2) is 0 Å². The second kappa shape index (κ2) is 11.0. The molecule has 210 valence electrons. The van der Waals surface area contributed by atoms with E-state index in [9.17, 15) is 0 Å². The van der Waals surface area contributed by atoms with Crippen LogP contribution in [0.25, 0.3) is 10.8 Å². The highest BCUT2D eigenvalue weighted by atomic mass is 16.5. The van der Waals surface area contributed by atoms with Crippen LogP contribution in [0.3, 0.4) is 0 Å². The number of para-hydroxylation sites is 4. The van der Waals surface area contributed by atoms with E-state index < -0.39 is 0 Å². The Hall–Kier alpha value is -6.00. The van der Waals surface area contributed by atoms with Crippen LogP contribution in [0.5, 0.6) is 23.0 Å². The molecule has 0 saturated heterocycles. The van der Waals surface area contributed by atoms with E-state index in [1.807, 2.05) is 42.5 Å². The molecule has 0 N–H and O–H groups in total. The largest absolute Gasteiger partial charge is 0.453 e. The highest BCUT2D eigenvalue weighted by molar-refractivity contribution is 5.99. The van der Waals surface area contributed by atoms with Gasteiger partial charge < -0.3 is 19.3 Å². The lowest BCUT2D eigenvalue weighted by atomic mass is 10.1. The van der Waals surface area contributed by atoms with Gasteiger partial charge in [0.25, 0.3) is 0 Å². The summed E-state index contributed by atoms with van der Waals surface area (Å²) in [5.74, 6) is 2.83. The van der Waals surface area contributed by atoms with Gasteiger partial charge in [0, 0.05) is 34.9 Å². The van der Waals surface area contributed by atoms with Crippen LogP contribution in [0, 0.1) is 0 Å². The maximum absolute atomic E-state index is 6.82. The topological polar surface area (TPSA) is 24.9 Å². The average Bonchev–Trinajstić information content (AvgIpc) is 3.24. The lowest BCUT2D eigenvalue weighted by Crippen LogP contribution is -2.10. The fourth-order valence-corrected chi connectivity index (χ4v) is 5.87. The van der Waals surface area contributed by atoms with E-state index >= 15 is 0 Å². The predicted octanol–water partition coefficient (Wildman–Crippen LogP) is 11.7. The van der Waals surface area contributed by atoms with Gasteiger partial charge in [-0.2, -0.15) is 0 Å². The second-order valence-electron chi connectivity index (χ2n) is 10.6. The van der Waals surface area contributed by atoms with Gasteiger partial charge in [0.05, 0.1) is 16.8 Å². The summed E-state index contributed by atoms with van der Waals surface area (Å²) in [5, 5.41) is 1.98. The first-order chi connectivity index (χ1) is 21.8. The third-order valence-electron chi connectivity index (χ3n) is 7.83. The zero-order valence-electron chi connectivity index (χ0n) is 23.9. The molecule has 0 atom stereocenters. The molecule has 0 aliphatic carbocycles. The third kappa shape index (κ3) is 4.69. The maximum Gasteiger partial charge on any atom is 0.172 e. The molecule has 4 heteroatoms. The molecule has 0 aromatic heterocycles. The van der Waals surface area contributed by atoms with Gasteiger partial charge in [-0.3, -0.25) is 0 Å². The molecule has 0 bridgehead atoms. The number of nitrogens with zero attached hydrogens (tertiary/aromatic N) is 2. The Bertz CT molecular complexity index is 1990. The lowest BCUT2D eigenvalue weighted by Gasteiger charge is -2.26. The first-order valence-electron chi connectivity index (χ1n) is 14.7. The normalized spacial score (nSPS) is 11.5. The van der Waals surface area contributed by atoms with Crippen LogP contribution in [0.4, 0.5) is 34.1 Å². The number of ether oxygens (including phenoxy) is 2. The van der Waals surface area contributed by atoms with Crippen LogP contribution in [0.15, 0.2) is 170 Å². The number of hydrogen-bond donors (Lipinski definition) is 0. The summed E-state index contributed by atoms with van der Waals surface area (Å²) in [7, 11) is 0. The summed E-state index contributed by atoms with van der Waals surface area (Å²) in [5.41, 5.74) is 6.21. The fraction of sp³-hybridized carbons (Fsp3) is 0. The molecule has 0 saturated carbocycles. The molecule has 0 radical (unpaired) electrons. The van der Waals surface area contributed by atoms with Crippen LogP contribution in [0.1, 0.15) is 0 Å². The van der Waals surface area contributed by atoms with Crippen LogP contribution in [-0.4, -0.2) is 0 Å². The lowest BCUT2D eigenvalue weighted by molar-refractivity contribution is 0.439. The summed E-state index contributed by atoms with van der Waals surface area (Å²) in [6, 6.07) is 58.1. The van der Waals surface area contributed by atoms with Crippen molar-refractivity contribution in [2.75, 3.05) is 9.80 Å². The van der Waals surface area contributed by atoms with Crippen molar-refractivity contribution in [3.05, 3.63) is 170 Å². The smallest absolute Gasteiger partial charge is 0.172 e. The Morgan fingerprint density at radius 2 is 0.773 bits per heavy atom. The van der Waals surface area contributed by atoms with E-state index in [-0.39, 0.29) is 0 Å². The Kier molecular flexibility index (Phi) is 6.43. The summed E-state index contributed by atoms with van der Waals surface area (Å²) >= 11 is 0. The van der Waals surface area contributed by atoms with E-state index in [0.29, 0.717) is 11.5 Å². The van der Waals surface area contributed by atoms with Gasteiger partial charge in [0.1, 0.15) is 11.5 Å². The van der Waals surface area contributed by atoms with Crippen molar-refractivity contribution >= 4 is 44.9 Å². The van der Waals surface area contributed by atoms with Crippen molar-refractivity contribution in [2.45, 2.75) is 0 Å². The van der Waals surface area contributed by atoms with Crippen molar-refractivity contribution in [2.24, 2.45) is 0 Å². The predicted molar refractivity (Wildman–Crippen MR) is 180 cm³/mol. The van der Waals surface area contributed by atoms with Crippen LogP contribution in [0.2, 0.25) is 0 Å². The zero-order chi connectivity index (χ0) is 29.3. The molecule has 0 fully saturated rings. The van der Waals surface area contributed by atoms with E-state index in [1.165, 1.54) is 0 Å². The van der Waals surface area contributed by atoms with E-state index in [2.05, 4.69) is 137 Å². The second-order valence-corrected chi connectivity index (χ2v) is 10.6. The van der Waals surface area contributed by atoms with Gasteiger partial charge >= 0.3 is 0 Å². The number of rotatable bonds is 6. The molecule has 7 aromatic rings. The standard InChI is InChI=1S/C40H28N2O2/c1-5-15-30(16-6-1)41(31-17-7-2-8-18-31)34-24-25-36-38(27-34)44-39-28-35(26-29-14-13-23-37(43-36)40(29)39)42(32-19-9-3-10-20-32)33-21-11-4-12-22-33/h1-28H. The molecular formula is C40H28N2O2. The maximum atomic E-state index is 6.82. The quantitative estimate of drug-likeness (QED) is 0.199. The Labute approximate surface area is 256 Å². The zero-order valence-corrected chi connectivity index (χ0v) is 23.9. The van der Waals surface area contributed by atoms with E-state index in [0.717, 1.165) is 56.4 Å². The van der Waals surface area contributed by atoms with Gasteiger partial charge in [0.15, 0.2) is 11.5 Å². The fourth-order valence-electron chi connectivity index (χ4n) is 5.87. The van der Waals surface area contributed by atoms with Crippen LogP contribution < -0.4 is 19.3 Å². The molecule has 1 aliphatic rings. The third-order valence-corrected chi connectivity index (χ3v) is 7.83. The molecule has 1 heterocycles. The van der Waals surface area contributed by atoms with Gasteiger partial charge in [-0.05, 0) is 78.2 Å². The summed E-state index contributed by atoms with van der Waals surface area (Å²) in [4.78, 5) is 4.47. The molecule has 44 heavy (non-hydrogen) atoms. The summed E-state index contributed by atoms with van der Waals surface area (Å²) in [6.45, 7) is 0. The summed E-state index contributed by atoms with van der Waals surface area (Å²) in [6.07, 6.45) is 0. The minimum Gasteiger partial charge on any atom is -0.453 e. The minimum atomic E-state index is 0.653. The van der Waals surface area contributed by atoms with Crippen molar-refractivity contribution in [3.8, 4) is 23.0 Å². The Morgan fingerprint density at radius 1 is 0.295 bits per heavy atom. The molecule has 0 amide bonds. The molecule has 1 aliphatic heterocycles.